The first-order valence-electron chi connectivity index (χ1n) is 30.0. The first-order valence-corrected chi connectivity index (χ1v) is 30.0. The van der Waals surface area contributed by atoms with Gasteiger partial charge in [-0.1, -0.05) is 262 Å². The van der Waals surface area contributed by atoms with Gasteiger partial charge in [0.05, 0.1) is 0 Å². The number of hydrogen-bond acceptors (Lipinski definition) is 6. The molecule has 1 atom stereocenters. The molecule has 0 aliphatic rings. The van der Waals surface area contributed by atoms with Crippen molar-refractivity contribution in [2.24, 2.45) is 0 Å². The minimum absolute atomic E-state index is 0.114. The lowest BCUT2D eigenvalue weighted by atomic mass is 10.1. The SMILES string of the molecule is CC/C=C\C/C=C\C/C=C\C/C=C\C/C=C\C/C=C\C/C=C\C/C=C\C/C=C\CCCCCCCCCC(=O)OCC(COC(=O)CCCCCCCCCCC)OC(=O)CC/C=C\C/C=C\C/C=C\C/C=C\CC. The van der Waals surface area contributed by atoms with Gasteiger partial charge in [-0.15, -0.1) is 0 Å². The molecule has 6 heteroatoms. The molecule has 0 N–H and O–H groups in total. The Morgan fingerprint density at radius 1 is 0.280 bits per heavy atom. The van der Waals surface area contributed by atoms with Crippen LogP contribution in [0, 0.1) is 0 Å². The largest absolute Gasteiger partial charge is 0.462 e. The first kappa shape index (κ1) is 70.0. The highest BCUT2D eigenvalue weighted by molar-refractivity contribution is 5.71. The van der Waals surface area contributed by atoms with Crippen LogP contribution >= 0.6 is 0 Å². The van der Waals surface area contributed by atoms with Crippen molar-refractivity contribution in [3.8, 4) is 0 Å². The Labute approximate surface area is 460 Å². The second-order valence-corrected chi connectivity index (χ2v) is 19.1. The van der Waals surface area contributed by atoms with E-state index in [9.17, 15) is 14.4 Å². The monoisotopic (exact) mass is 1030 g/mol. The summed E-state index contributed by atoms with van der Waals surface area (Å²) >= 11 is 0. The van der Waals surface area contributed by atoms with Crippen LogP contribution in [0.25, 0.3) is 0 Å². The summed E-state index contributed by atoms with van der Waals surface area (Å²) in [5, 5.41) is 0. The molecule has 0 radical (unpaired) electrons. The summed E-state index contributed by atoms with van der Waals surface area (Å²) in [6, 6.07) is 0. The van der Waals surface area contributed by atoms with Gasteiger partial charge >= 0.3 is 17.9 Å². The molecule has 0 aliphatic heterocycles. The number of ether oxygens (including phenoxy) is 3. The predicted molar refractivity (Wildman–Crippen MR) is 325 cm³/mol. The van der Waals surface area contributed by atoms with Gasteiger partial charge in [-0.25, -0.2) is 0 Å². The average Bonchev–Trinajstić information content (AvgIpc) is 3.41. The molecule has 75 heavy (non-hydrogen) atoms. The Bertz CT molecular complexity index is 1710. The van der Waals surface area contributed by atoms with Crippen LogP contribution in [0.2, 0.25) is 0 Å². The van der Waals surface area contributed by atoms with E-state index in [2.05, 4.69) is 167 Å². The van der Waals surface area contributed by atoms with Crippen LogP contribution in [0.3, 0.4) is 0 Å². The van der Waals surface area contributed by atoms with E-state index in [1.54, 1.807) is 0 Å². The molecule has 0 spiro atoms. The van der Waals surface area contributed by atoms with Crippen LogP contribution in [0.1, 0.15) is 239 Å². The van der Waals surface area contributed by atoms with Gasteiger partial charge in [-0.2, -0.15) is 0 Å². The molecule has 0 heterocycles. The predicted octanol–water partition coefficient (Wildman–Crippen LogP) is 20.5. The van der Waals surface area contributed by atoms with Crippen molar-refractivity contribution in [3.63, 3.8) is 0 Å². The van der Waals surface area contributed by atoms with Gasteiger partial charge < -0.3 is 14.2 Å². The van der Waals surface area contributed by atoms with Crippen LogP contribution in [0.5, 0.6) is 0 Å². The van der Waals surface area contributed by atoms with Gasteiger partial charge in [0.1, 0.15) is 13.2 Å². The van der Waals surface area contributed by atoms with E-state index >= 15 is 0 Å². The maximum atomic E-state index is 12.8. The molecule has 0 saturated heterocycles. The number of allylic oxidation sites excluding steroid dienone is 26. The highest BCUT2D eigenvalue weighted by Gasteiger charge is 2.19. The van der Waals surface area contributed by atoms with Crippen LogP contribution in [0.15, 0.2) is 158 Å². The Hall–Kier alpha value is -4.97. The van der Waals surface area contributed by atoms with Gasteiger partial charge in [-0.05, 0) is 116 Å². The minimum atomic E-state index is -0.824. The number of carbonyl (C=O) groups is 3. The molecular weight excluding hydrogens is 925 g/mol. The average molecular weight is 1030 g/mol. The molecule has 0 fully saturated rings. The third-order valence-corrected chi connectivity index (χ3v) is 12.0. The number of hydrogen-bond donors (Lipinski definition) is 0. The fraction of sp³-hybridized carbons (Fsp3) is 0.580. The summed E-state index contributed by atoms with van der Waals surface area (Å²) in [7, 11) is 0. The van der Waals surface area contributed by atoms with Gasteiger partial charge in [0, 0.05) is 19.3 Å². The maximum absolute atomic E-state index is 12.8. The molecule has 420 valence electrons. The molecule has 1 unspecified atom stereocenters. The van der Waals surface area contributed by atoms with Crippen molar-refractivity contribution >= 4 is 17.9 Å². The molecule has 0 aromatic rings. The number of esters is 3. The third-order valence-electron chi connectivity index (χ3n) is 12.0. The van der Waals surface area contributed by atoms with E-state index in [0.29, 0.717) is 19.3 Å². The van der Waals surface area contributed by atoms with Gasteiger partial charge in [0.15, 0.2) is 6.10 Å². The van der Waals surface area contributed by atoms with E-state index in [-0.39, 0.29) is 31.6 Å². The topological polar surface area (TPSA) is 78.9 Å². The lowest BCUT2D eigenvalue weighted by Crippen LogP contribution is -2.30. The summed E-state index contributed by atoms with van der Waals surface area (Å²) in [4.78, 5) is 37.9. The Morgan fingerprint density at radius 2 is 0.547 bits per heavy atom. The van der Waals surface area contributed by atoms with Gasteiger partial charge in [0.2, 0.25) is 0 Å². The van der Waals surface area contributed by atoms with Crippen molar-refractivity contribution in [1.82, 2.24) is 0 Å². The van der Waals surface area contributed by atoms with Gasteiger partial charge in [0.25, 0.3) is 0 Å². The molecule has 0 saturated carbocycles. The molecule has 6 nitrogen and oxygen atoms in total. The summed E-state index contributed by atoms with van der Waals surface area (Å²) in [6.45, 7) is 6.30. The van der Waals surface area contributed by atoms with Crippen LogP contribution in [-0.2, 0) is 28.6 Å². The Morgan fingerprint density at radius 3 is 0.867 bits per heavy atom. The second kappa shape index (κ2) is 61.6. The highest BCUT2D eigenvalue weighted by atomic mass is 16.6. The lowest BCUT2D eigenvalue weighted by Gasteiger charge is -2.18. The summed E-state index contributed by atoms with van der Waals surface area (Å²) in [6.07, 6.45) is 89.9. The van der Waals surface area contributed by atoms with E-state index in [4.69, 9.17) is 14.2 Å². The zero-order valence-electron chi connectivity index (χ0n) is 48.0. The van der Waals surface area contributed by atoms with E-state index in [1.165, 1.54) is 64.2 Å². The molecule has 0 aromatic carbocycles. The van der Waals surface area contributed by atoms with Gasteiger partial charge in [-0.3, -0.25) is 14.4 Å². The number of rotatable bonds is 52. The maximum Gasteiger partial charge on any atom is 0.306 e. The fourth-order valence-corrected chi connectivity index (χ4v) is 7.62. The zero-order chi connectivity index (χ0) is 54.3. The Kier molecular flexibility index (Phi) is 57.5. The van der Waals surface area contributed by atoms with E-state index in [0.717, 1.165) is 128 Å². The fourth-order valence-electron chi connectivity index (χ4n) is 7.62. The minimum Gasteiger partial charge on any atom is -0.462 e. The van der Waals surface area contributed by atoms with E-state index in [1.807, 2.05) is 12.2 Å². The summed E-state index contributed by atoms with van der Waals surface area (Å²) < 4.78 is 16.7. The molecule has 0 aliphatic carbocycles. The number of carbonyl (C=O) groups excluding carboxylic acids is 3. The van der Waals surface area contributed by atoms with Crippen molar-refractivity contribution in [3.05, 3.63) is 158 Å². The molecule has 0 rings (SSSR count). The molecule has 0 amide bonds. The highest BCUT2D eigenvalue weighted by Crippen LogP contribution is 2.13. The van der Waals surface area contributed by atoms with E-state index < -0.39 is 12.1 Å². The van der Waals surface area contributed by atoms with Crippen LogP contribution < -0.4 is 0 Å². The summed E-state index contributed by atoms with van der Waals surface area (Å²) in [5.41, 5.74) is 0. The second-order valence-electron chi connectivity index (χ2n) is 19.1. The molecular formula is C69H108O6. The zero-order valence-corrected chi connectivity index (χ0v) is 48.0. The van der Waals surface area contributed by atoms with Crippen molar-refractivity contribution < 1.29 is 28.6 Å². The molecule has 0 bridgehead atoms. The Balaban J connectivity index is 4.23. The first-order chi connectivity index (χ1) is 37.0. The quantitative estimate of drug-likeness (QED) is 0.0261. The van der Waals surface area contributed by atoms with Crippen molar-refractivity contribution in [2.75, 3.05) is 13.2 Å². The third kappa shape index (κ3) is 59.8. The van der Waals surface area contributed by atoms with Crippen molar-refractivity contribution in [1.29, 1.82) is 0 Å². The lowest BCUT2D eigenvalue weighted by molar-refractivity contribution is -0.166. The van der Waals surface area contributed by atoms with Crippen LogP contribution in [0.4, 0.5) is 0 Å². The smallest absolute Gasteiger partial charge is 0.306 e. The van der Waals surface area contributed by atoms with Crippen molar-refractivity contribution in [2.45, 2.75) is 245 Å². The number of unbranched alkanes of at least 4 members (excludes halogenated alkanes) is 15. The summed E-state index contributed by atoms with van der Waals surface area (Å²) in [5.74, 6) is -1.02. The standard InChI is InChI=1S/C69H108O6/c1-4-7-10-13-16-19-21-23-24-25-26-27-28-29-30-31-32-33-34-35-36-37-38-39-40-41-42-43-44-46-47-50-53-56-59-62-68(71)74-65-66(64-73-67(70)61-58-55-52-49-18-15-12-9-6-3)75-69(72)63-60-57-54-51-48-45-22-20-17-14-11-8-5-2/h7-8,10-11,16-17,19-20,23-24,26-27,29-30,32-33,35-36,38-39,41-42,45,48,54,57,66H,4-6,9,12-15,18,21-22,25,28,31,34,37,40,43-44,46-47,49-53,55-56,58-65H2,1-3H3/b10-7-,11-8-,19-16-,20-17-,24-23-,27-26-,30-29-,33-32-,36-35-,39-38-,42-41-,48-45-,57-54-. The van der Waals surface area contributed by atoms with Crippen LogP contribution in [-0.4, -0.2) is 37.2 Å². The molecule has 0 aromatic heterocycles. The normalized spacial score (nSPS) is 13.3.